The summed E-state index contributed by atoms with van der Waals surface area (Å²) in [6.07, 6.45) is 1.17. The minimum atomic E-state index is -4.07. The SMILES string of the molecule is O=CCCSCCS(=O)(=O)[O-]. The molecule has 0 atom stereocenters. The monoisotopic (exact) mass is 197 g/mol. The highest BCUT2D eigenvalue weighted by atomic mass is 32.2. The van der Waals surface area contributed by atoms with Crippen LogP contribution in [-0.2, 0) is 14.9 Å². The zero-order chi connectivity index (χ0) is 8.74. The molecule has 0 saturated heterocycles. The topological polar surface area (TPSA) is 74.3 Å². The molecule has 4 nitrogen and oxygen atoms in total. The lowest BCUT2D eigenvalue weighted by Crippen LogP contribution is -2.06. The molecular weight excluding hydrogens is 188 g/mol. The van der Waals surface area contributed by atoms with E-state index in [0.29, 0.717) is 12.2 Å². The van der Waals surface area contributed by atoms with E-state index in [-0.39, 0.29) is 11.5 Å². The van der Waals surface area contributed by atoms with Crippen molar-refractivity contribution in [3.63, 3.8) is 0 Å². The van der Waals surface area contributed by atoms with E-state index in [1.54, 1.807) is 0 Å². The van der Waals surface area contributed by atoms with Crippen molar-refractivity contribution in [2.45, 2.75) is 6.42 Å². The Bertz CT molecular complexity index is 197. The summed E-state index contributed by atoms with van der Waals surface area (Å²) in [5.41, 5.74) is 0. The van der Waals surface area contributed by atoms with Gasteiger partial charge in [0.1, 0.15) is 6.29 Å². The van der Waals surface area contributed by atoms with Crippen LogP contribution in [0.5, 0.6) is 0 Å². The first kappa shape index (κ1) is 10.9. The second-order valence-electron chi connectivity index (χ2n) is 1.83. The van der Waals surface area contributed by atoms with Crippen LogP contribution >= 0.6 is 11.8 Å². The van der Waals surface area contributed by atoms with Gasteiger partial charge < -0.3 is 9.35 Å². The molecule has 0 aromatic carbocycles. The highest BCUT2D eigenvalue weighted by Crippen LogP contribution is 2.01. The molecule has 0 heterocycles. The number of rotatable bonds is 6. The van der Waals surface area contributed by atoms with Crippen LogP contribution in [0.3, 0.4) is 0 Å². The Kier molecular flexibility index (Phi) is 5.53. The summed E-state index contributed by atoms with van der Waals surface area (Å²) in [4.78, 5) is 9.77. The summed E-state index contributed by atoms with van der Waals surface area (Å²) in [6.45, 7) is 0. The maximum absolute atomic E-state index is 10.0. The fourth-order valence-electron chi connectivity index (χ4n) is 0.394. The van der Waals surface area contributed by atoms with E-state index in [1.807, 2.05) is 0 Å². The fraction of sp³-hybridized carbons (Fsp3) is 0.800. The molecular formula is C5H9O4S2-. The van der Waals surface area contributed by atoms with Crippen LogP contribution in [0.25, 0.3) is 0 Å². The van der Waals surface area contributed by atoms with E-state index >= 15 is 0 Å². The molecule has 0 aliphatic carbocycles. The summed E-state index contributed by atoms with van der Waals surface area (Å²) in [6, 6.07) is 0. The van der Waals surface area contributed by atoms with Gasteiger partial charge >= 0.3 is 0 Å². The van der Waals surface area contributed by atoms with Crippen LogP contribution in [0, 0.1) is 0 Å². The molecule has 11 heavy (non-hydrogen) atoms. The van der Waals surface area contributed by atoms with Crippen molar-refractivity contribution in [2.24, 2.45) is 0 Å². The van der Waals surface area contributed by atoms with Gasteiger partial charge in [0, 0.05) is 17.9 Å². The summed E-state index contributed by atoms with van der Waals surface area (Å²) in [5, 5.41) is 0. The lowest BCUT2D eigenvalue weighted by molar-refractivity contribution is -0.107. The highest BCUT2D eigenvalue weighted by Gasteiger charge is 1.94. The van der Waals surface area contributed by atoms with Crippen molar-refractivity contribution in [3.8, 4) is 0 Å². The molecule has 0 radical (unpaired) electrons. The van der Waals surface area contributed by atoms with Gasteiger partial charge in [-0.05, 0) is 5.75 Å². The van der Waals surface area contributed by atoms with Gasteiger partial charge in [-0.1, -0.05) is 0 Å². The van der Waals surface area contributed by atoms with Gasteiger partial charge in [-0.2, -0.15) is 11.8 Å². The van der Waals surface area contributed by atoms with E-state index in [1.165, 1.54) is 11.8 Å². The normalized spacial score (nSPS) is 11.4. The van der Waals surface area contributed by atoms with Crippen LogP contribution in [0.4, 0.5) is 0 Å². The first-order valence-corrected chi connectivity index (χ1v) is 5.74. The molecule has 0 amide bonds. The minimum absolute atomic E-state index is 0.277. The van der Waals surface area contributed by atoms with Crippen molar-refractivity contribution >= 4 is 28.2 Å². The van der Waals surface area contributed by atoms with Gasteiger partial charge in [0.05, 0.1) is 10.1 Å². The number of hydrogen-bond acceptors (Lipinski definition) is 5. The molecule has 0 bridgehead atoms. The van der Waals surface area contributed by atoms with Crippen LogP contribution < -0.4 is 0 Å². The van der Waals surface area contributed by atoms with E-state index in [9.17, 15) is 17.8 Å². The minimum Gasteiger partial charge on any atom is -0.748 e. The average molecular weight is 197 g/mol. The van der Waals surface area contributed by atoms with Crippen molar-refractivity contribution in [1.29, 1.82) is 0 Å². The lowest BCUT2D eigenvalue weighted by Gasteiger charge is -2.04. The number of carbonyl (C=O) groups excluding carboxylic acids is 1. The Morgan fingerprint density at radius 3 is 2.45 bits per heavy atom. The van der Waals surface area contributed by atoms with Gasteiger partial charge in [-0.3, -0.25) is 0 Å². The van der Waals surface area contributed by atoms with Crippen molar-refractivity contribution in [1.82, 2.24) is 0 Å². The van der Waals surface area contributed by atoms with Crippen molar-refractivity contribution < 1.29 is 17.8 Å². The standard InChI is InChI=1S/C5H10O4S2/c6-2-1-3-10-4-5-11(7,8)9/h2H,1,3-5H2,(H,7,8,9)/p-1. The van der Waals surface area contributed by atoms with Gasteiger partial charge in [0.15, 0.2) is 0 Å². The van der Waals surface area contributed by atoms with Gasteiger partial charge in [0.25, 0.3) is 0 Å². The first-order chi connectivity index (χ1) is 5.06. The van der Waals surface area contributed by atoms with Crippen LogP contribution in [0.1, 0.15) is 6.42 Å². The third kappa shape index (κ3) is 9.93. The molecule has 0 spiro atoms. The number of carbonyl (C=O) groups is 1. The zero-order valence-corrected chi connectivity index (χ0v) is 7.49. The summed E-state index contributed by atoms with van der Waals surface area (Å²) < 4.78 is 30.1. The molecule has 66 valence electrons. The van der Waals surface area contributed by atoms with Crippen LogP contribution in [0.15, 0.2) is 0 Å². The second-order valence-corrected chi connectivity index (χ2v) is 4.58. The fourth-order valence-corrected chi connectivity index (χ4v) is 2.15. The van der Waals surface area contributed by atoms with E-state index in [4.69, 9.17) is 0 Å². The molecule has 0 unspecified atom stereocenters. The zero-order valence-electron chi connectivity index (χ0n) is 5.86. The number of hydrogen-bond donors (Lipinski definition) is 0. The van der Waals surface area contributed by atoms with E-state index in [0.717, 1.165) is 6.29 Å². The van der Waals surface area contributed by atoms with Crippen LogP contribution in [-0.4, -0.2) is 36.5 Å². The molecule has 0 aliphatic rings. The smallest absolute Gasteiger partial charge is 0.120 e. The van der Waals surface area contributed by atoms with Crippen molar-refractivity contribution in [2.75, 3.05) is 17.3 Å². The summed E-state index contributed by atoms with van der Waals surface area (Å²) >= 11 is 1.29. The van der Waals surface area contributed by atoms with Gasteiger partial charge in [-0.25, -0.2) is 8.42 Å². The molecule has 0 aromatic heterocycles. The van der Waals surface area contributed by atoms with E-state index in [2.05, 4.69) is 0 Å². The first-order valence-electron chi connectivity index (χ1n) is 3.01. The Hall–Kier alpha value is -0.0700. The summed E-state index contributed by atoms with van der Waals surface area (Å²) in [5.74, 6) is 0.509. The Morgan fingerprint density at radius 1 is 1.36 bits per heavy atom. The highest BCUT2D eigenvalue weighted by molar-refractivity contribution is 8.00. The lowest BCUT2D eigenvalue weighted by atomic mass is 10.6. The molecule has 0 aromatic rings. The van der Waals surface area contributed by atoms with Crippen LogP contribution in [0.2, 0.25) is 0 Å². The third-order valence-electron chi connectivity index (χ3n) is 0.858. The summed E-state index contributed by atoms with van der Waals surface area (Å²) in [7, 11) is -4.07. The Balaban J connectivity index is 3.22. The quantitative estimate of drug-likeness (QED) is 0.336. The maximum Gasteiger partial charge on any atom is 0.120 e. The predicted molar refractivity (Wildman–Crippen MR) is 42.6 cm³/mol. The molecule has 0 aliphatic heterocycles. The van der Waals surface area contributed by atoms with Crippen molar-refractivity contribution in [3.05, 3.63) is 0 Å². The average Bonchev–Trinajstić information content (AvgIpc) is 1.85. The van der Waals surface area contributed by atoms with Gasteiger partial charge in [-0.15, -0.1) is 0 Å². The number of thioether (sulfide) groups is 1. The molecule has 0 rings (SSSR count). The van der Waals surface area contributed by atoms with Gasteiger partial charge in [0.2, 0.25) is 0 Å². The molecule has 6 heteroatoms. The second kappa shape index (κ2) is 5.56. The Labute approximate surface area is 70.1 Å². The molecule has 0 saturated carbocycles. The Morgan fingerprint density at radius 2 is 2.00 bits per heavy atom. The van der Waals surface area contributed by atoms with E-state index < -0.39 is 10.1 Å². The number of aldehydes is 1. The maximum atomic E-state index is 10.0. The largest absolute Gasteiger partial charge is 0.748 e. The third-order valence-corrected chi connectivity index (χ3v) is 2.84. The predicted octanol–water partition coefficient (Wildman–Crippen LogP) is -0.146. The molecule has 0 N–H and O–H groups in total. The molecule has 0 fully saturated rings.